The molecule has 700 valence electrons. The third-order valence-corrected chi connectivity index (χ3v) is 19.3. The number of amides is 10. The van der Waals surface area contributed by atoms with Crippen molar-refractivity contribution in [3.05, 3.63) is 142 Å². The minimum atomic E-state index is -0.655. The van der Waals surface area contributed by atoms with Crippen molar-refractivity contribution in [3.63, 3.8) is 0 Å². The Labute approximate surface area is 750 Å². The zero-order valence-corrected chi connectivity index (χ0v) is 74.8. The average molecular weight is 1820 g/mol. The molecule has 129 heavy (non-hydrogen) atoms. The third kappa shape index (κ3) is 33.7. The summed E-state index contributed by atoms with van der Waals surface area (Å²) in [6.45, 7) is 10.4. The highest BCUT2D eigenvalue weighted by atomic mass is 35.5. The van der Waals surface area contributed by atoms with E-state index < -0.39 is 47.4 Å². The number of fused-ring (bicyclic) bond motifs is 3. The summed E-state index contributed by atoms with van der Waals surface area (Å²) in [5.41, 5.74) is 4.10. The number of benzene rings is 2. The highest BCUT2D eigenvalue weighted by Crippen LogP contribution is 2.34. The molecule has 45 heteroatoms. The van der Waals surface area contributed by atoms with Gasteiger partial charge in [-0.3, -0.25) is 57.5 Å². The van der Waals surface area contributed by atoms with Crippen molar-refractivity contribution in [1.29, 1.82) is 0 Å². The number of carbonyl (C=O) groups excluding carboxylic acids is 10. The number of carbonyl (C=O) groups is 10. The van der Waals surface area contributed by atoms with E-state index in [0.717, 1.165) is 29.8 Å². The first kappa shape index (κ1) is 101. The van der Waals surface area contributed by atoms with Gasteiger partial charge in [0, 0.05) is 141 Å². The van der Waals surface area contributed by atoms with Crippen LogP contribution in [0.15, 0.2) is 90.6 Å². The molecule has 0 saturated carbocycles. The number of aliphatic imine (C=N–C) groups is 1. The first-order chi connectivity index (χ1) is 62.3. The van der Waals surface area contributed by atoms with Crippen LogP contribution in [0.4, 0.5) is 28.8 Å². The molecule has 6 aromatic heterocycles. The van der Waals surface area contributed by atoms with E-state index in [0.29, 0.717) is 140 Å². The maximum Gasteiger partial charge on any atom is 0.291 e. The Bertz CT molecular complexity index is 5040. The van der Waals surface area contributed by atoms with E-state index in [1.54, 1.807) is 42.3 Å². The zero-order valence-electron chi connectivity index (χ0n) is 74.1. The number of hydrogen-bond acceptors (Lipinski definition) is 28. The number of methoxy groups -OCH3 is 1. The van der Waals surface area contributed by atoms with E-state index in [2.05, 4.69) is 78.3 Å². The molecule has 8 aromatic rings. The molecule has 44 nitrogen and oxygen atoms in total. The van der Waals surface area contributed by atoms with Crippen LogP contribution in [-0.4, -0.2) is 315 Å². The monoisotopic (exact) mass is 1820 g/mol. The summed E-state index contributed by atoms with van der Waals surface area (Å²) in [4.78, 5) is 149. The molecule has 0 fully saturated rings. The quantitative estimate of drug-likeness (QED) is 0.0245. The number of rotatable bonds is 60. The van der Waals surface area contributed by atoms with Crippen LogP contribution in [0.2, 0.25) is 5.02 Å². The van der Waals surface area contributed by atoms with Crippen LogP contribution in [0.3, 0.4) is 0 Å². The molecular formula is C84H116ClN23O21. The lowest BCUT2D eigenvalue weighted by atomic mass is 10.00. The van der Waals surface area contributed by atoms with Gasteiger partial charge >= 0.3 is 0 Å². The lowest BCUT2D eigenvalue weighted by molar-refractivity contribution is -0.122. The van der Waals surface area contributed by atoms with E-state index in [9.17, 15) is 47.9 Å². The van der Waals surface area contributed by atoms with Gasteiger partial charge in [-0.2, -0.15) is 0 Å². The Hall–Kier alpha value is -12.2. The van der Waals surface area contributed by atoms with Crippen molar-refractivity contribution in [2.24, 2.45) is 40.2 Å². The van der Waals surface area contributed by atoms with Crippen LogP contribution in [0.25, 0.3) is 5.69 Å². The Morgan fingerprint density at radius 3 is 1.22 bits per heavy atom. The number of aromatic nitrogens is 11. The van der Waals surface area contributed by atoms with Gasteiger partial charge in [-0.05, 0) is 76.4 Å². The van der Waals surface area contributed by atoms with Gasteiger partial charge in [0.15, 0.2) is 23.3 Å². The molecule has 1 aliphatic heterocycles. The number of aryl methyl sites for hydroxylation is 6. The Morgan fingerprint density at radius 1 is 0.411 bits per heavy atom. The number of imidazole rings is 3. The summed E-state index contributed by atoms with van der Waals surface area (Å²) < 4.78 is 70.5. The molecule has 1 atom stereocenters. The fourth-order valence-electron chi connectivity index (χ4n) is 12.6. The molecule has 1 aliphatic rings. The number of nitrogens with zero attached hydrogens (tertiary/aromatic N) is 13. The Morgan fingerprint density at radius 2 is 0.798 bits per heavy atom. The minimum Gasteiger partial charge on any atom is -0.497 e. The van der Waals surface area contributed by atoms with Crippen molar-refractivity contribution in [3.8, 4) is 11.4 Å². The molecule has 0 bridgehead atoms. The van der Waals surface area contributed by atoms with Gasteiger partial charge in [0.2, 0.25) is 47.0 Å². The molecule has 9 rings (SSSR count). The average Bonchev–Trinajstić information content (AvgIpc) is 1.61. The molecule has 2 aromatic carbocycles. The molecule has 10 amide bonds. The normalized spacial score (nSPS) is 12.2. The number of halogens is 1. The van der Waals surface area contributed by atoms with E-state index >= 15 is 0 Å². The van der Waals surface area contributed by atoms with E-state index in [1.807, 2.05) is 73.0 Å². The fraction of sp³-hybridized carbons (Fsp3) is 0.500. The van der Waals surface area contributed by atoms with Gasteiger partial charge in [-0.15, -0.1) is 10.2 Å². The highest BCUT2D eigenvalue weighted by molar-refractivity contribution is 6.30. The van der Waals surface area contributed by atoms with Crippen molar-refractivity contribution >= 4 is 105 Å². The molecule has 7 heterocycles. The summed E-state index contributed by atoms with van der Waals surface area (Å²) in [7, 11) is 13.4. The number of ether oxygens (including phenoxy) is 11. The summed E-state index contributed by atoms with van der Waals surface area (Å²) in [5, 5.41) is 36.5. The van der Waals surface area contributed by atoms with Crippen LogP contribution in [0.1, 0.15) is 120 Å². The number of anilines is 5. The predicted octanol–water partition coefficient (Wildman–Crippen LogP) is 2.92. The second kappa shape index (κ2) is 53.6. The lowest BCUT2D eigenvalue weighted by Gasteiger charge is -2.14. The number of nitrogens with one attached hydrogen (secondary N) is 10. The highest BCUT2D eigenvalue weighted by Gasteiger charge is 2.30. The second-order valence-electron chi connectivity index (χ2n) is 29.5. The van der Waals surface area contributed by atoms with Crippen molar-refractivity contribution in [1.82, 2.24) is 84.0 Å². The largest absolute Gasteiger partial charge is 0.497 e. The molecule has 0 unspecified atom stereocenters. The molecule has 0 radical (unpaired) electrons. The molecule has 0 aliphatic carbocycles. The third-order valence-electron chi connectivity index (χ3n) is 19.1. The van der Waals surface area contributed by atoms with E-state index in [1.165, 1.54) is 66.0 Å². The van der Waals surface area contributed by atoms with Crippen LogP contribution < -0.4 is 57.9 Å². The summed E-state index contributed by atoms with van der Waals surface area (Å²) >= 11 is 6.23. The SMILES string of the molecule is COc1ccc2c(c1)C(c1ccc(Cl)cc1)=N[C@@H](CNC(=O)CCOCCOCCOCCOCCOCCOCCOCCOCCOCCOCCC(=O)Nc1cn(C)c(C(=O)Nc3cc(C(=O)NCCC(=O)Nc4cn(C)c(C(=O)Nc5cc(C(=O)NCCC(=O)Nc6cn(C)c(C(=O)NCCC(=O)NCCCN(C)C)n6)n(C)c5)n4)n(C)c3)n1)c1nnc(C)n1-2. The van der Waals surface area contributed by atoms with E-state index in [-0.39, 0.29) is 160 Å². The topological polar surface area (TPSA) is 502 Å². The predicted molar refractivity (Wildman–Crippen MR) is 472 cm³/mol. The smallest absolute Gasteiger partial charge is 0.291 e. The summed E-state index contributed by atoms with van der Waals surface area (Å²) in [6, 6.07) is 15.6. The standard InChI is InChI=1S/C84H116ClN23O21/c1-56-100-101-76-63(93-75(57-11-13-58(85)14-12-57)62-49-61(119-9)15-16-64(62)108(56)76)50-90-71(110)20-27-120-29-31-122-33-35-124-37-39-126-41-43-128-45-46-129-44-42-127-40-38-125-36-34-123-32-30-121-28-21-74(113)96-69-55-107(8)79(99-69)84(118)92-60-48-66(104(5)52-60)81(115)88-25-19-73(112)95-68-54-106(7)78(98-68)83(117)91-59-47-65(103(4)51-59)80(114)87-24-18-72(111)94-67-53-105(6)77(97-67)82(116)89-23-17-70(109)86-22-10-26-102(2)3/h11-16,47-49,51-55,63H,10,17-46,50H2,1-9H3,(H,86,109)(H,87,114)(H,88,115)(H,89,116)(H,90,110)(H,91,117)(H,92,118)(H,94,111)(H,95,112)(H,96,113)/t63-/m0/s1. The van der Waals surface area contributed by atoms with Crippen molar-refractivity contribution in [2.45, 2.75) is 51.5 Å². The summed E-state index contributed by atoms with van der Waals surface area (Å²) in [5.74, 6) is -2.46. The van der Waals surface area contributed by atoms with Gasteiger partial charge in [-0.1, -0.05) is 23.7 Å². The van der Waals surface area contributed by atoms with Crippen LogP contribution in [0, 0.1) is 6.92 Å². The van der Waals surface area contributed by atoms with Crippen LogP contribution >= 0.6 is 11.6 Å². The van der Waals surface area contributed by atoms with Crippen molar-refractivity contribution < 1.29 is 100 Å². The fourth-order valence-corrected chi connectivity index (χ4v) is 12.8. The Balaban J connectivity index is 0.513. The van der Waals surface area contributed by atoms with Gasteiger partial charge in [0.1, 0.15) is 29.0 Å². The maximum atomic E-state index is 13.4. The van der Waals surface area contributed by atoms with Crippen molar-refractivity contribution in [2.75, 3.05) is 219 Å². The van der Waals surface area contributed by atoms with Gasteiger partial charge in [0.25, 0.3) is 29.5 Å². The maximum absolute atomic E-state index is 13.4. The van der Waals surface area contributed by atoms with Gasteiger partial charge < -0.3 is 133 Å². The van der Waals surface area contributed by atoms with Gasteiger partial charge in [-0.25, -0.2) is 15.0 Å². The summed E-state index contributed by atoms with van der Waals surface area (Å²) in [6.07, 6.45) is 8.13. The van der Waals surface area contributed by atoms with E-state index in [4.69, 9.17) is 68.7 Å². The number of hydrogen-bond donors (Lipinski definition) is 10. The lowest BCUT2D eigenvalue weighted by Crippen LogP contribution is -2.32. The second-order valence-corrected chi connectivity index (χ2v) is 29.9. The minimum absolute atomic E-state index is 0.0129. The first-order valence-electron chi connectivity index (χ1n) is 42.0. The first-order valence-corrected chi connectivity index (χ1v) is 42.4. The molecular weight excluding hydrogens is 1700 g/mol. The molecule has 0 saturated heterocycles. The van der Waals surface area contributed by atoms with Crippen LogP contribution in [-0.2, 0) is 107 Å². The Kier molecular flexibility index (Phi) is 41.7. The molecule has 0 spiro atoms. The molecule has 10 N–H and O–H groups in total. The zero-order chi connectivity index (χ0) is 92.4. The van der Waals surface area contributed by atoms with Crippen LogP contribution in [0.5, 0.6) is 5.75 Å². The van der Waals surface area contributed by atoms with Gasteiger partial charge in [0.05, 0.1) is 168 Å².